The molecule has 7 nitrogen and oxygen atoms in total. The second-order valence-electron chi connectivity index (χ2n) is 5.22. The highest BCUT2D eigenvalue weighted by Gasteiger charge is 2.09. The predicted octanol–water partition coefficient (Wildman–Crippen LogP) is 4.39. The van der Waals surface area contributed by atoms with Crippen LogP contribution in [0.3, 0.4) is 0 Å². The van der Waals surface area contributed by atoms with Gasteiger partial charge in [0.25, 0.3) is 0 Å². The van der Waals surface area contributed by atoms with Gasteiger partial charge >= 0.3 is 6.01 Å². The SMILES string of the molecule is COc1cc(OC)nc(Oc2ccccc2C=NNc2ccccc2Cl)n1. The lowest BCUT2D eigenvalue weighted by molar-refractivity contribution is 0.348. The summed E-state index contributed by atoms with van der Waals surface area (Å²) < 4.78 is 16.1. The van der Waals surface area contributed by atoms with Crippen molar-refractivity contribution in [2.24, 2.45) is 5.10 Å². The summed E-state index contributed by atoms with van der Waals surface area (Å²) >= 11 is 6.10. The first-order valence-corrected chi connectivity index (χ1v) is 8.35. The van der Waals surface area contributed by atoms with Crippen molar-refractivity contribution in [1.29, 1.82) is 0 Å². The molecule has 0 saturated carbocycles. The zero-order valence-corrected chi connectivity index (χ0v) is 15.5. The molecule has 3 aromatic rings. The van der Waals surface area contributed by atoms with Gasteiger partial charge in [-0.05, 0) is 24.3 Å². The molecular weight excluding hydrogens is 368 g/mol. The summed E-state index contributed by atoms with van der Waals surface area (Å²) in [7, 11) is 3.01. The molecule has 2 aromatic carbocycles. The lowest BCUT2D eigenvalue weighted by Crippen LogP contribution is -1.99. The zero-order valence-electron chi connectivity index (χ0n) is 14.7. The molecule has 0 aliphatic rings. The Morgan fingerprint density at radius 3 is 2.33 bits per heavy atom. The number of nitrogens with zero attached hydrogens (tertiary/aromatic N) is 3. The number of benzene rings is 2. The van der Waals surface area contributed by atoms with E-state index in [1.165, 1.54) is 14.2 Å². The molecule has 138 valence electrons. The summed E-state index contributed by atoms with van der Waals surface area (Å²) in [6, 6.07) is 16.3. The third-order valence-corrected chi connectivity index (χ3v) is 3.79. The van der Waals surface area contributed by atoms with E-state index in [1.807, 2.05) is 36.4 Å². The van der Waals surface area contributed by atoms with Crippen LogP contribution in [0.1, 0.15) is 5.56 Å². The highest BCUT2D eigenvalue weighted by molar-refractivity contribution is 6.33. The van der Waals surface area contributed by atoms with Gasteiger partial charge < -0.3 is 14.2 Å². The molecule has 1 heterocycles. The minimum absolute atomic E-state index is 0.103. The number of halogens is 1. The van der Waals surface area contributed by atoms with E-state index in [-0.39, 0.29) is 6.01 Å². The van der Waals surface area contributed by atoms with Crippen LogP contribution in [0.5, 0.6) is 23.5 Å². The minimum Gasteiger partial charge on any atom is -0.481 e. The fourth-order valence-corrected chi connectivity index (χ4v) is 2.32. The van der Waals surface area contributed by atoms with E-state index < -0.39 is 0 Å². The van der Waals surface area contributed by atoms with Gasteiger partial charge in [0.2, 0.25) is 11.8 Å². The van der Waals surface area contributed by atoms with Crippen LogP contribution in [0.25, 0.3) is 0 Å². The molecule has 27 heavy (non-hydrogen) atoms. The summed E-state index contributed by atoms with van der Waals surface area (Å²) in [5.74, 6) is 1.20. The first-order valence-electron chi connectivity index (χ1n) is 7.97. The molecule has 0 radical (unpaired) electrons. The Morgan fingerprint density at radius 2 is 1.63 bits per heavy atom. The highest BCUT2D eigenvalue weighted by Crippen LogP contribution is 2.26. The number of methoxy groups -OCH3 is 2. The van der Waals surface area contributed by atoms with E-state index in [9.17, 15) is 0 Å². The largest absolute Gasteiger partial charge is 0.481 e. The van der Waals surface area contributed by atoms with Gasteiger partial charge in [-0.2, -0.15) is 15.1 Å². The van der Waals surface area contributed by atoms with Crippen molar-refractivity contribution in [1.82, 2.24) is 9.97 Å². The number of hydrogen-bond donors (Lipinski definition) is 1. The monoisotopic (exact) mass is 384 g/mol. The van der Waals surface area contributed by atoms with Crippen LogP contribution in [0.15, 0.2) is 59.7 Å². The lowest BCUT2D eigenvalue weighted by atomic mass is 10.2. The fraction of sp³-hybridized carbons (Fsp3) is 0.105. The van der Waals surface area contributed by atoms with E-state index in [2.05, 4.69) is 20.5 Å². The van der Waals surface area contributed by atoms with E-state index in [0.717, 1.165) is 5.56 Å². The van der Waals surface area contributed by atoms with Gasteiger partial charge in [-0.3, -0.25) is 5.43 Å². The Morgan fingerprint density at radius 1 is 0.963 bits per heavy atom. The van der Waals surface area contributed by atoms with Crippen molar-refractivity contribution in [3.63, 3.8) is 0 Å². The first kappa shape index (κ1) is 18.5. The Hall–Kier alpha value is -3.32. The average molecular weight is 385 g/mol. The number of hydrazone groups is 1. The Balaban J connectivity index is 1.80. The summed E-state index contributed by atoms with van der Waals surface area (Å²) in [5.41, 5.74) is 4.33. The summed E-state index contributed by atoms with van der Waals surface area (Å²) in [5, 5.41) is 4.79. The molecule has 0 atom stereocenters. The second kappa shape index (κ2) is 8.86. The minimum atomic E-state index is 0.103. The number of aromatic nitrogens is 2. The van der Waals surface area contributed by atoms with Gasteiger partial charge in [0.1, 0.15) is 5.75 Å². The van der Waals surface area contributed by atoms with Crippen LogP contribution in [0.4, 0.5) is 5.69 Å². The molecule has 3 rings (SSSR count). The normalized spacial score (nSPS) is 10.6. The maximum Gasteiger partial charge on any atom is 0.328 e. The van der Waals surface area contributed by atoms with Gasteiger partial charge in [0.15, 0.2) is 0 Å². The second-order valence-corrected chi connectivity index (χ2v) is 5.63. The maximum absolute atomic E-state index is 6.10. The summed E-state index contributed by atoms with van der Waals surface area (Å²) in [6.45, 7) is 0. The topological polar surface area (TPSA) is 77.9 Å². The molecule has 0 spiro atoms. The molecule has 0 unspecified atom stereocenters. The Bertz CT molecular complexity index is 927. The lowest BCUT2D eigenvalue weighted by Gasteiger charge is -2.09. The van der Waals surface area contributed by atoms with E-state index >= 15 is 0 Å². The fourth-order valence-electron chi connectivity index (χ4n) is 2.14. The molecule has 8 heteroatoms. The number of nitrogens with one attached hydrogen (secondary N) is 1. The molecule has 0 bridgehead atoms. The van der Waals surface area contributed by atoms with Gasteiger partial charge in [-0.15, -0.1) is 0 Å². The van der Waals surface area contributed by atoms with E-state index in [0.29, 0.717) is 28.2 Å². The molecule has 0 aliphatic heterocycles. The molecule has 0 aliphatic carbocycles. The summed E-state index contributed by atoms with van der Waals surface area (Å²) in [4.78, 5) is 8.33. The van der Waals surface area contributed by atoms with Crippen molar-refractivity contribution in [2.45, 2.75) is 0 Å². The van der Waals surface area contributed by atoms with E-state index in [4.69, 9.17) is 25.8 Å². The number of para-hydroxylation sites is 2. The van der Waals surface area contributed by atoms with Gasteiger partial charge in [0, 0.05) is 5.56 Å². The summed E-state index contributed by atoms with van der Waals surface area (Å²) in [6.07, 6.45) is 1.62. The number of ether oxygens (including phenoxy) is 3. The maximum atomic E-state index is 6.10. The standard InChI is InChI=1S/C19H17ClN4O3/c1-25-17-11-18(26-2)23-19(22-17)27-16-10-6-3-7-13(16)12-21-24-15-9-5-4-8-14(15)20/h3-12,24H,1-2H3. The third-order valence-electron chi connectivity index (χ3n) is 3.46. The molecule has 1 aromatic heterocycles. The Labute approximate surface area is 161 Å². The van der Waals surface area contributed by atoms with Crippen molar-refractivity contribution >= 4 is 23.5 Å². The van der Waals surface area contributed by atoms with Crippen LogP contribution in [-0.2, 0) is 0 Å². The number of rotatable bonds is 7. The smallest absolute Gasteiger partial charge is 0.328 e. The van der Waals surface area contributed by atoms with Crippen LogP contribution in [0.2, 0.25) is 5.02 Å². The quantitative estimate of drug-likeness (QED) is 0.481. The molecular formula is C19H17ClN4O3. The number of anilines is 1. The van der Waals surface area contributed by atoms with Crippen LogP contribution < -0.4 is 19.6 Å². The molecule has 0 fully saturated rings. The Kier molecular flexibility index (Phi) is 6.06. The van der Waals surface area contributed by atoms with Crippen molar-refractivity contribution in [2.75, 3.05) is 19.6 Å². The molecule has 1 N–H and O–H groups in total. The molecule has 0 saturated heterocycles. The van der Waals surface area contributed by atoms with Gasteiger partial charge in [0.05, 0.1) is 37.2 Å². The predicted molar refractivity (Wildman–Crippen MR) is 104 cm³/mol. The van der Waals surface area contributed by atoms with Crippen molar-refractivity contribution in [3.8, 4) is 23.5 Å². The van der Waals surface area contributed by atoms with Gasteiger partial charge in [-0.25, -0.2) is 0 Å². The zero-order chi connectivity index (χ0) is 19.1. The first-order chi connectivity index (χ1) is 13.2. The van der Waals surface area contributed by atoms with Crippen LogP contribution >= 0.6 is 11.6 Å². The van der Waals surface area contributed by atoms with Crippen LogP contribution in [-0.4, -0.2) is 30.4 Å². The highest BCUT2D eigenvalue weighted by atomic mass is 35.5. The average Bonchev–Trinajstić information content (AvgIpc) is 2.70. The third kappa shape index (κ3) is 4.86. The van der Waals surface area contributed by atoms with Crippen molar-refractivity contribution < 1.29 is 14.2 Å². The number of hydrogen-bond acceptors (Lipinski definition) is 7. The van der Waals surface area contributed by atoms with Crippen molar-refractivity contribution in [3.05, 3.63) is 65.2 Å². The molecule has 0 amide bonds. The van der Waals surface area contributed by atoms with Crippen LogP contribution in [0, 0.1) is 0 Å². The van der Waals surface area contributed by atoms with Gasteiger partial charge in [-0.1, -0.05) is 35.9 Å². The van der Waals surface area contributed by atoms with E-state index in [1.54, 1.807) is 24.4 Å².